The fourth-order valence-corrected chi connectivity index (χ4v) is 6.08. The van der Waals surface area contributed by atoms with Crippen LogP contribution in [0.25, 0.3) is 10.2 Å². The Kier molecular flexibility index (Phi) is 5.15. The number of thiazole rings is 1. The molecular weight excluding hydrogens is 398 g/mol. The first kappa shape index (κ1) is 19.4. The summed E-state index contributed by atoms with van der Waals surface area (Å²) in [5.74, 6) is -0.675. The van der Waals surface area contributed by atoms with Crippen molar-refractivity contribution in [2.45, 2.75) is 44.6 Å². The van der Waals surface area contributed by atoms with Gasteiger partial charge in [-0.2, -0.15) is 0 Å². The SMILES string of the molecule is O=C1[C@@H]2CC=CC[C@H]2C(=O)N1CCC(=O)N1CCCC[C@@H]1c1nc2ccccc2s1. The van der Waals surface area contributed by atoms with E-state index in [9.17, 15) is 14.4 Å². The summed E-state index contributed by atoms with van der Waals surface area (Å²) >= 11 is 1.65. The Morgan fingerprint density at radius 1 is 1.07 bits per heavy atom. The summed E-state index contributed by atoms with van der Waals surface area (Å²) < 4.78 is 1.13. The summed E-state index contributed by atoms with van der Waals surface area (Å²) in [6.07, 6.45) is 8.37. The summed E-state index contributed by atoms with van der Waals surface area (Å²) in [6.45, 7) is 0.892. The smallest absolute Gasteiger partial charge is 0.233 e. The molecule has 0 saturated carbocycles. The summed E-state index contributed by atoms with van der Waals surface area (Å²) in [5, 5.41) is 0.981. The van der Waals surface area contributed by atoms with Gasteiger partial charge in [0.15, 0.2) is 0 Å². The van der Waals surface area contributed by atoms with Gasteiger partial charge in [0.25, 0.3) is 0 Å². The van der Waals surface area contributed by atoms with Crippen molar-refractivity contribution in [3.8, 4) is 0 Å². The van der Waals surface area contributed by atoms with E-state index in [0.29, 0.717) is 19.4 Å². The Hall–Kier alpha value is -2.54. The van der Waals surface area contributed by atoms with Crippen LogP contribution in [0.15, 0.2) is 36.4 Å². The number of imide groups is 1. The minimum Gasteiger partial charge on any atom is -0.333 e. The number of piperidine rings is 1. The predicted octanol–water partition coefficient (Wildman–Crippen LogP) is 3.69. The Balaban J connectivity index is 1.29. The van der Waals surface area contributed by atoms with E-state index in [4.69, 9.17) is 4.98 Å². The average Bonchev–Trinajstić information content (AvgIpc) is 3.32. The van der Waals surface area contributed by atoms with Crippen molar-refractivity contribution in [1.29, 1.82) is 0 Å². The Bertz CT molecular complexity index is 971. The van der Waals surface area contributed by atoms with Crippen LogP contribution in [0.1, 0.15) is 49.6 Å². The van der Waals surface area contributed by atoms with E-state index in [1.807, 2.05) is 35.3 Å². The molecule has 0 radical (unpaired) electrons. The molecule has 0 unspecified atom stereocenters. The van der Waals surface area contributed by atoms with Crippen molar-refractivity contribution in [2.75, 3.05) is 13.1 Å². The molecule has 0 bridgehead atoms. The normalized spacial score (nSPS) is 26.5. The molecule has 0 N–H and O–H groups in total. The largest absolute Gasteiger partial charge is 0.333 e. The molecule has 2 aliphatic heterocycles. The highest BCUT2D eigenvalue weighted by atomic mass is 32.1. The number of nitrogens with zero attached hydrogens (tertiary/aromatic N) is 3. The highest BCUT2D eigenvalue weighted by molar-refractivity contribution is 7.18. The van der Waals surface area contributed by atoms with Crippen molar-refractivity contribution in [3.63, 3.8) is 0 Å². The van der Waals surface area contributed by atoms with Gasteiger partial charge in [-0.25, -0.2) is 4.98 Å². The van der Waals surface area contributed by atoms with Crippen molar-refractivity contribution < 1.29 is 14.4 Å². The van der Waals surface area contributed by atoms with Crippen LogP contribution in [0.2, 0.25) is 0 Å². The molecule has 5 rings (SSSR count). The molecule has 1 aliphatic carbocycles. The first-order valence-electron chi connectivity index (χ1n) is 10.8. The van der Waals surface area contributed by atoms with E-state index in [-0.39, 0.29) is 48.6 Å². The summed E-state index contributed by atoms with van der Waals surface area (Å²) in [5.41, 5.74) is 0.972. The van der Waals surface area contributed by atoms with Crippen LogP contribution < -0.4 is 0 Å². The van der Waals surface area contributed by atoms with Gasteiger partial charge < -0.3 is 4.90 Å². The zero-order chi connectivity index (χ0) is 20.7. The molecule has 3 aliphatic rings. The van der Waals surface area contributed by atoms with Crippen molar-refractivity contribution in [1.82, 2.24) is 14.8 Å². The minimum atomic E-state index is -0.233. The monoisotopic (exact) mass is 423 g/mol. The molecular formula is C23H25N3O3S. The van der Waals surface area contributed by atoms with Gasteiger partial charge in [-0.15, -0.1) is 11.3 Å². The number of hydrogen-bond acceptors (Lipinski definition) is 5. The second-order valence-corrected chi connectivity index (χ2v) is 9.41. The highest BCUT2D eigenvalue weighted by Gasteiger charge is 2.47. The molecule has 156 valence electrons. The maximum absolute atomic E-state index is 13.1. The molecule has 30 heavy (non-hydrogen) atoms. The van der Waals surface area contributed by atoms with Crippen LogP contribution in [0.5, 0.6) is 0 Å². The maximum atomic E-state index is 13.1. The number of hydrogen-bond donors (Lipinski definition) is 0. The van der Waals surface area contributed by atoms with Gasteiger partial charge in [0.05, 0.1) is 28.1 Å². The van der Waals surface area contributed by atoms with Gasteiger partial charge in [0.1, 0.15) is 5.01 Å². The lowest BCUT2D eigenvalue weighted by Crippen LogP contribution is -2.41. The van der Waals surface area contributed by atoms with E-state index < -0.39 is 0 Å². The zero-order valence-electron chi connectivity index (χ0n) is 16.8. The highest BCUT2D eigenvalue weighted by Crippen LogP contribution is 2.37. The first-order chi connectivity index (χ1) is 14.6. The number of aromatic nitrogens is 1. The molecule has 1 aromatic heterocycles. The molecule has 2 aromatic rings. The van der Waals surface area contributed by atoms with Gasteiger partial charge >= 0.3 is 0 Å². The first-order valence-corrected chi connectivity index (χ1v) is 11.6. The van der Waals surface area contributed by atoms with Gasteiger partial charge in [-0.3, -0.25) is 19.3 Å². The quantitative estimate of drug-likeness (QED) is 0.555. The number of carbonyl (C=O) groups excluding carboxylic acids is 3. The third-order valence-electron chi connectivity index (χ3n) is 6.57. The summed E-state index contributed by atoms with van der Waals surface area (Å²) in [7, 11) is 0. The van der Waals surface area contributed by atoms with E-state index in [2.05, 4.69) is 6.07 Å². The third kappa shape index (κ3) is 3.35. The number of likely N-dealkylation sites (tertiary alicyclic amines) is 2. The zero-order valence-corrected chi connectivity index (χ0v) is 17.6. The van der Waals surface area contributed by atoms with Crippen LogP contribution >= 0.6 is 11.3 Å². The number of carbonyl (C=O) groups is 3. The molecule has 6 nitrogen and oxygen atoms in total. The van der Waals surface area contributed by atoms with Crippen LogP contribution in [0, 0.1) is 11.8 Å². The predicted molar refractivity (Wildman–Crippen MR) is 115 cm³/mol. The molecule has 3 atom stereocenters. The lowest BCUT2D eigenvalue weighted by atomic mass is 9.85. The van der Waals surface area contributed by atoms with Gasteiger partial charge in [-0.05, 0) is 44.2 Å². The van der Waals surface area contributed by atoms with Gasteiger partial charge in [-0.1, -0.05) is 24.3 Å². The van der Waals surface area contributed by atoms with Crippen LogP contribution in [-0.2, 0) is 14.4 Å². The third-order valence-corrected chi connectivity index (χ3v) is 7.70. The van der Waals surface area contributed by atoms with Crippen LogP contribution in [0.3, 0.4) is 0 Å². The van der Waals surface area contributed by atoms with Crippen molar-refractivity contribution in [3.05, 3.63) is 41.4 Å². The molecule has 0 spiro atoms. The molecule has 3 amide bonds. The molecule has 2 saturated heterocycles. The average molecular weight is 424 g/mol. The number of rotatable bonds is 4. The Morgan fingerprint density at radius 2 is 1.80 bits per heavy atom. The minimum absolute atomic E-state index is 0.00699. The second-order valence-electron chi connectivity index (χ2n) is 8.35. The van der Waals surface area contributed by atoms with Crippen molar-refractivity contribution >= 4 is 39.3 Å². The molecule has 1 aromatic carbocycles. The second kappa shape index (κ2) is 7.95. The summed E-state index contributed by atoms with van der Waals surface area (Å²) in [6, 6.07) is 8.03. The summed E-state index contributed by atoms with van der Waals surface area (Å²) in [4.78, 5) is 46.5. The van der Waals surface area contributed by atoms with E-state index in [0.717, 1.165) is 34.5 Å². The van der Waals surface area contributed by atoms with E-state index in [1.54, 1.807) is 11.3 Å². The number of fused-ring (bicyclic) bond motifs is 2. The molecule has 3 heterocycles. The standard InChI is InChI=1S/C23H25N3O3S/c27-20(12-14-26-22(28)15-7-1-2-8-16(15)23(26)29)25-13-6-5-10-18(25)21-24-17-9-3-4-11-19(17)30-21/h1-4,9,11,15-16,18H,5-8,10,12-14H2/t15-,16-,18-/m1/s1. The van der Waals surface area contributed by atoms with Crippen LogP contribution in [0.4, 0.5) is 0 Å². The van der Waals surface area contributed by atoms with E-state index >= 15 is 0 Å². The maximum Gasteiger partial charge on any atom is 0.233 e. The molecule has 2 fully saturated rings. The van der Waals surface area contributed by atoms with Crippen LogP contribution in [-0.4, -0.2) is 45.6 Å². The Morgan fingerprint density at radius 3 is 2.53 bits per heavy atom. The number of benzene rings is 1. The van der Waals surface area contributed by atoms with E-state index in [1.165, 1.54) is 4.90 Å². The molecule has 7 heteroatoms. The number of allylic oxidation sites excluding steroid dienone is 2. The van der Waals surface area contributed by atoms with Gasteiger partial charge in [0, 0.05) is 19.5 Å². The lowest BCUT2D eigenvalue weighted by Gasteiger charge is -2.35. The fourth-order valence-electron chi connectivity index (χ4n) is 4.96. The Labute approximate surface area is 179 Å². The fraction of sp³-hybridized carbons (Fsp3) is 0.478. The van der Waals surface area contributed by atoms with Crippen molar-refractivity contribution in [2.24, 2.45) is 11.8 Å². The number of amides is 3. The van der Waals surface area contributed by atoms with Gasteiger partial charge in [0.2, 0.25) is 17.7 Å². The topological polar surface area (TPSA) is 70.6 Å². The number of para-hydroxylation sites is 1. The lowest BCUT2D eigenvalue weighted by molar-refractivity contribution is -0.141.